The second kappa shape index (κ2) is 13.7. The van der Waals surface area contributed by atoms with E-state index < -0.39 is 17.4 Å². The van der Waals surface area contributed by atoms with Crippen LogP contribution in [0.2, 0.25) is 0 Å². The Balaban J connectivity index is 2.38. The molecule has 0 fully saturated rings. The van der Waals surface area contributed by atoms with Gasteiger partial charge in [-0.3, -0.25) is 19.7 Å². The van der Waals surface area contributed by atoms with E-state index in [1.165, 1.54) is 74.1 Å². The fourth-order valence-corrected chi connectivity index (χ4v) is 3.11. The van der Waals surface area contributed by atoms with Gasteiger partial charge in [-0.05, 0) is 18.6 Å². The van der Waals surface area contributed by atoms with Gasteiger partial charge in [-0.25, -0.2) is 0 Å². The lowest BCUT2D eigenvalue weighted by atomic mass is 10.1. The van der Waals surface area contributed by atoms with Crippen molar-refractivity contribution >= 4 is 23.3 Å². The standard InChI is InChI=1S/C21H32N2O5/c1-2-3-4-5-6-7-8-9-10-11-12-20(24)22(17-21(25)26)18-13-15-19(16-14-18)23(27)28/h13-16H,2-12,17H2,1H3,(H,25,26). The van der Waals surface area contributed by atoms with Crippen molar-refractivity contribution in [3.8, 4) is 0 Å². The number of non-ortho nitro benzene ring substituents is 1. The van der Waals surface area contributed by atoms with E-state index in [1.807, 2.05) is 0 Å². The molecule has 0 saturated heterocycles. The molecule has 1 aromatic carbocycles. The van der Waals surface area contributed by atoms with Crippen molar-refractivity contribution in [2.45, 2.75) is 77.6 Å². The number of carboxylic acids is 1. The number of hydrogen-bond donors (Lipinski definition) is 1. The predicted octanol–water partition coefficient (Wildman–Crippen LogP) is 5.32. The minimum atomic E-state index is -1.12. The molecule has 0 spiro atoms. The molecule has 0 aliphatic carbocycles. The van der Waals surface area contributed by atoms with Crippen LogP contribution in [0.3, 0.4) is 0 Å². The molecular formula is C21H32N2O5. The summed E-state index contributed by atoms with van der Waals surface area (Å²) in [6.45, 7) is 1.76. The summed E-state index contributed by atoms with van der Waals surface area (Å²) in [4.78, 5) is 35.0. The van der Waals surface area contributed by atoms with Crippen molar-refractivity contribution < 1.29 is 19.6 Å². The number of carbonyl (C=O) groups is 2. The first-order valence-corrected chi connectivity index (χ1v) is 10.2. The zero-order valence-corrected chi connectivity index (χ0v) is 16.8. The molecule has 1 amide bonds. The third-order valence-electron chi connectivity index (χ3n) is 4.71. The van der Waals surface area contributed by atoms with Gasteiger partial charge >= 0.3 is 5.97 Å². The highest BCUT2D eigenvalue weighted by atomic mass is 16.6. The van der Waals surface area contributed by atoms with Gasteiger partial charge < -0.3 is 10.0 Å². The lowest BCUT2D eigenvalue weighted by Crippen LogP contribution is -2.35. The van der Waals surface area contributed by atoms with Crippen molar-refractivity contribution in [1.82, 2.24) is 0 Å². The molecule has 1 aromatic rings. The molecule has 0 heterocycles. The third-order valence-corrected chi connectivity index (χ3v) is 4.71. The van der Waals surface area contributed by atoms with Crippen LogP contribution in [0.5, 0.6) is 0 Å². The van der Waals surface area contributed by atoms with E-state index in [-0.39, 0.29) is 18.0 Å². The monoisotopic (exact) mass is 392 g/mol. The molecule has 0 atom stereocenters. The largest absolute Gasteiger partial charge is 0.480 e. The number of unbranched alkanes of at least 4 members (excludes halogenated alkanes) is 9. The third kappa shape index (κ3) is 9.48. The van der Waals surface area contributed by atoms with Crippen LogP contribution in [0, 0.1) is 10.1 Å². The van der Waals surface area contributed by atoms with Crippen molar-refractivity contribution in [2.24, 2.45) is 0 Å². The van der Waals surface area contributed by atoms with Crippen molar-refractivity contribution in [2.75, 3.05) is 11.4 Å². The molecule has 28 heavy (non-hydrogen) atoms. The summed E-state index contributed by atoms with van der Waals surface area (Å²) >= 11 is 0. The number of hydrogen-bond acceptors (Lipinski definition) is 4. The zero-order valence-electron chi connectivity index (χ0n) is 16.8. The quantitative estimate of drug-likeness (QED) is 0.247. The Labute approximate surface area is 166 Å². The number of carboxylic acid groups (broad SMARTS) is 1. The molecular weight excluding hydrogens is 360 g/mol. The Bertz CT molecular complexity index is 616. The minimum Gasteiger partial charge on any atom is -0.480 e. The zero-order chi connectivity index (χ0) is 20.8. The highest BCUT2D eigenvalue weighted by Crippen LogP contribution is 2.21. The number of amides is 1. The van der Waals surface area contributed by atoms with Gasteiger partial charge in [0.05, 0.1) is 4.92 Å². The van der Waals surface area contributed by atoms with Crippen LogP contribution < -0.4 is 4.90 Å². The van der Waals surface area contributed by atoms with Gasteiger partial charge in [0, 0.05) is 24.2 Å². The van der Waals surface area contributed by atoms with Gasteiger partial charge in [-0.15, -0.1) is 0 Å². The highest BCUT2D eigenvalue weighted by Gasteiger charge is 2.19. The van der Waals surface area contributed by atoms with Crippen LogP contribution in [-0.2, 0) is 9.59 Å². The SMILES string of the molecule is CCCCCCCCCCCCC(=O)N(CC(=O)O)c1ccc([N+](=O)[O-])cc1. The second-order valence-electron chi connectivity index (χ2n) is 7.08. The second-order valence-corrected chi connectivity index (χ2v) is 7.08. The number of nitrogens with zero attached hydrogens (tertiary/aromatic N) is 2. The summed E-state index contributed by atoms with van der Waals surface area (Å²) in [5.41, 5.74) is 0.270. The number of benzene rings is 1. The van der Waals surface area contributed by atoms with Gasteiger partial charge in [0.2, 0.25) is 5.91 Å². The van der Waals surface area contributed by atoms with Crippen LogP contribution in [0.4, 0.5) is 11.4 Å². The predicted molar refractivity (Wildman–Crippen MR) is 110 cm³/mol. The molecule has 0 aliphatic rings. The van der Waals surface area contributed by atoms with Gasteiger partial charge in [-0.1, -0.05) is 64.7 Å². The van der Waals surface area contributed by atoms with E-state index in [9.17, 15) is 19.7 Å². The average Bonchev–Trinajstić information content (AvgIpc) is 2.67. The molecule has 0 bridgehead atoms. The molecule has 7 heteroatoms. The smallest absolute Gasteiger partial charge is 0.323 e. The fourth-order valence-electron chi connectivity index (χ4n) is 3.11. The Hall–Kier alpha value is -2.44. The average molecular weight is 392 g/mol. The van der Waals surface area contributed by atoms with Crippen LogP contribution in [0.15, 0.2) is 24.3 Å². The summed E-state index contributed by atoms with van der Waals surface area (Å²) in [5, 5.41) is 19.8. The van der Waals surface area contributed by atoms with Crippen LogP contribution >= 0.6 is 0 Å². The number of nitro groups is 1. The van der Waals surface area contributed by atoms with Gasteiger partial charge in [-0.2, -0.15) is 0 Å². The van der Waals surface area contributed by atoms with E-state index in [0.717, 1.165) is 19.3 Å². The Morgan fingerprint density at radius 3 is 1.89 bits per heavy atom. The Morgan fingerprint density at radius 1 is 0.929 bits per heavy atom. The topological polar surface area (TPSA) is 101 Å². The van der Waals surface area contributed by atoms with Crippen LogP contribution in [-0.4, -0.2) is 28.5 Å². The lowest BCUT2D eigenvalue weighted by molar-refractivity contribution is -0.384. The maximum absolute atomic E-state index is 12.5. The maximum atomic E-state index is 12.5. The van der Waals surface area contributed by atoms with Gasteiger partial charge in [0.1, 0.15) is 6.54 Å². The Kier molecular flexibility index (Phi) is 11.5. The Morgan fingerprint density at radius 2 is 1.43 bits per heavy atom. The van der Waals surface area contributed by atoms with Crippen molar-refractivity contribution in [3.63, 3.8) is 0 Å². The number of anilines is 1. The molecule has 7 nitrogen and oxygen atoms in total. The lowest BCUT2D eigenvalue weighted by Gasteiger charge is -2.20. The summed E-state index contributed by atoms with van der Waals surface area (Å²) in [5.74, 6) is -1.38. The summed E-state index contributed by atoms with van der Waals surface area (Å²) in [6, 6.07) is 5.38. The van der Waals surface area contributed by atoms with E-state index in [2.05, 4.69) is 6.92 Å². The first-order chi connectivity index (χ1) is 13.5. The number of carbonyl (C=O) groups excluding carboxylic acids is 1. The first-order valence-electron chi connectivity index (χ1n) is 10.2. The maximum Gasteiger partial charge on any atom is 0.323 e. The normalized spacial score (nSPS) is 10.6. The molecule has 0 radical (unpaired) electrons. The van der Waals surface area contributed by atoms with E-state index in [4.69, 9.17) is 5.11 Å². The molecule has 1 rings (SSSR count). The van der Waals surface area contributed by atoms with Crippen LogP contribution in [0.25, 0.3) is 0 Å². The summed E-state index contributed by atoms with van der Waals surface area (Å²) < 4.78 is 0. The highest BCUT2D eigenvalue weighted by molar-refractivity contribution is 5.97. The van der Waals surface area contributed by atoms with E-state index in [0.29, 0.717) is 5.69 Å². The van der Waals surface area contributed by atoms with Gasteiger partial charge in [0.15, 0.2) is 0 Å². The fraction of sp³-hybridized carbons (Fsp3) is 0.619. The van der Waals surface area contributed by atoms with E-state index >= 15 is 0 Å². The molecule has 156 valence electrons. The molecule has 0 aliphatic heterocycles. The number of nitro benzene ring substituents is 1. The summed E-state index contributed by atoms with van der Waals surface area (Å²) in [6.07, 6.45) is 11.9. The number of aliphatic carboxylic acids is 1. The van der Waals surface area contributed by atoms with Crippen molar-refractivity contribution in [1.29, 1.82) is 0 Å². The molecule has 0 aromatic heterocycles. The minimum absolute atomic E-state index is 0.0961. The van der Waals surface area contributed by atoms with E-state index in [1.54, 1.807) is 0 Å². The molecule has 0 saturated carbocycles. The molecule has 1 N–H and O–H groups in total. The van der Waals surface area contributed by atoms with Gasteiger partial charge in [0.25, 0.3) is 5.69 Å². The molecule has 0 unspecified atom stereocenters. The van der Waals surface area contributed by atoms with Crippen molar-refractivity contribution in [3.05, 3.63) is 34.4 Å². The van der Waals surface area contributed by atoms with Crippen LogP contribution in [0.1, 0.15) is 77.6 Å². The first kappa shape index (κ1) is 23.6. The number of rotatable bonds is 15. The summed E-state index contributed by atoms with van der Waals surface area (Å²) in [7, 11) is 0.